The molecular formula is C45H48N10O4. The maximum Gasteiger partial charge on any atom is 0.407 e. The summed E-state index contributed by atoms with van der Waals surface area (Å²) in [6.45, 7) is 5.23. The fraction of sp³-hybridized carbons (Fsp3) is 0.311. The highest BCUT2D eigenvalue weighted by molar-refractivity contribution is 5.87. The van der Waals surface area contributed by atoms with Crippen LogP contribution in [0.3, 0.4) is 0 Å². The zero-order chi connectivity index (χ0) is 41.0. The van der Waals surface area contributed by atoms with Crippen LogP contribution < -0.4 is 5.32 Å². The summed E-state index contributed by atoms with van der Waals surface area (Å²) < 4.78 is 0. The number of nitrogens with zero attached hydrogens (tertiary/aromatic N) is 7. The molecule has 3 aromatic carbocycles. The van der Waals surface area contributed by atoms with Crippen LogP contribution in [0.15, 0.2) is 110 Å². The van der Waals surface area contributed by atoms with E-state index in [0.717, 1.165) is 70.0 Å². The number of carbonyl (C=O) groups is 3. The molecule has 302 valence electrons. The van der Waals surface area contributed by atoms with Crippen LogP contribution >= 0.6 is 0 Å². The number of likely N-dealkylation sites (tertiary alicyclic amines) is 2. The number of anilines is 1. The summed E-state index contributed by atoms with van der Waals surface area (Å²) >= 11 is 0. The van der Waals surface area contributed by atoms with E-state index in [-0.39, 0.29) is 29.8 Å². The van der Waals surface area contributed by atoms with E-state index in [1.807, 2.05) is 55.3 Å². The molecule has 14 heteroatoms. The number of imidazole rings is 2. The van der Waals surface area contributed by atoms with Gasteiger partial charge in [-0.15, -0.1) is 0 Å². The summed E-state index contributed by atoms with van der Waals surface area (Å²) in [5.74, 6) is 1.69. The lowest BCUT2D eigenvalue weighted by Gasteiger charge is -2.32. The first-order valence-electron chi connectivity index (χ1n) is 20.1. The Morgan fingerprint density at radius 3 is 1.68 bits per heavy atom. The van der Waals surface area contributed by atoms with Gasteiger partial charge in [-0.05, 0) is 65.5 Å². The van der Waals surface area contributed by atoms with Gasteiger partial charge in [-0.25, -0.2) is 24.7 Å². The first-order chi connectivity index (χ1) is 28.7. The lowest BCUT2D eigenvalue weighted by molar-refractivity contribution is -0.137. The maximum absolute atomic E-state index is 14.0. The average Bonchev–Trinajstić information content (AvgIpc) is 4.11. The SMILES string of the molecule is CC(C)[C@H](Nc1ncccn1)C(=O)N1CCC[C@H]1c1ncc(-c2ccc(-c3ccc(-c4cnc([C@@H]5CCCN5C(=O)[C@@H](c5ccccc5)N(C)C(=O)O)[nH]4)cc3)cc2)[nH]1. The van der Waals surface area contributed by atoms with Crippen molar-refractivity contribution in [3.05, 3.63) is 127 Å². The van der Waals surface area contributed by atoms with Crippen molar-refractivity contribution in [1.29, 1.82) is 0 Å². The summed E-state index contributed by atoms with van der Waals surface area (Å²) in [5.41, 5.74) is 6.43. The minimum Gasteiger partial charge on any atom is -0.465 e. The van der Waals surface area contributed by atoms with Gasteiger partial charge in [-0.3, -0.25) is 14.5 Å². The van der Waals surface area contributed by atoms with Gasteiger partial charge in [0.25, 0.3) is 5.91 Å². The molecule has 0 aliphatic carbocycles. The van der Waals surface area contributed by atoms with Crippen molar-refractivity contribution in [3.63, 3.8) is 0 Å². The minimum absolute atomic E-state index is 0.0172. The van der Waals surface area contributed by atoms with Gasteiger partial charge in [0.05, 0.1) is 35.9 Å². The first-order valence-corrected chi connectivity index (χ1v) is 20.1. The Hall–Kier alpha value is -6.83. The molecule has 3 amide bonds. The third-order valence-corrected chi connectivity index (χ3v) is 11.4. The van der Waals surface area contributed by atoms with E-state index in [4.69, 9.17) is 9.97 Å². The number of hydrogen-bond acceptors (Lipinski definition) is 8. The van der Waals surface area contributed by atoms with Gasteiger partial charge in [-0.1, -0.05) is 92.7 Å². The van der Waals surface area contributed by atoms with Crippen LogP contribution in [0, 0.1) is 5.92 Å². The molecular weight excluding hydrogens is 745 g/mol. The summed E-state index contributed by atoms with van der Waals surface area (Å²) in [7, 11) is 1.43. The number of nitrogens with one attached hydrogen (secondary N) is 3. The van der Waals surface area contributed by atoms with E-state index >= 15 is 0 Å². The number of H-pyrrole nitrogens is 2. The van der Waals surface area contributed by atoms with Crippen molar-refractivity contribution < 1.29 is 19.5 Å². The van der Waals surface area contributed by atoms with E-state index in [9.17, 15) is 19.5 Å². The maximum atomic E-state index is 14.0. The average molecular weight is 793 g/mol. The molecule has 0 radical (unpaired) electrons. The molecule has 6 aromatic rings. The molecule has 2 aliphatic heterocycles. The summed E-state index contributed by atoms with van der Waals surface area (Å²) in [4.78, 5) is 69.5. The van der Waals surface area contributed by atoms with E-state index in [1.165, 1.54) is 7.05 Å². The molecule has 2 fully saturated rings. The highest BCUT2D eigenvalue weighted by Gasteiger charge is 2.40. The van der Waals surface area contributed by atoms with Crippen molar-refractivity contribution in [3.8, 4) is 33.6 Å². The Balaban J connectivity index is 0.925. The van der Waals surface area contributed by atoms with Crippen LogP contribution in [0.2, 0.25) is 0 Å². The molecule has 0 unspecified atom stereocenters. The van der Waals surface area contributed by atoms with Crippen LogP contribution in [0.1, 0.15) is 74.9 Å². The van der Waals surface area contributed by atoms with Gasteiger partial charge in [0.15, 0.2) is 0 Å². The van der Waals surface area contributed by atoms with Gasteiger partial charge in [0.2, 0.25) is 11.9 Å². The number of aromatic amines is 2. The predicted octanol–water partition coefficient (Wildman–Crippen LogP) is 7.74. The van der Waals surface area contributed by atoms with Gasteiger partial charge in [0, 0.05) is 32.5 Å². The van der Waals surface area contributed by atoms with Crippen LogP contribution in [-0.4, -0.2) is 93.8 Å². The van der Waals surface area contributed by atoms with Crippen molar-refractivity contribution in [2.24, 2.45) is 5.92 Å². The first kappa shape index (κ1) is 39.0. The second kappa shape index (κ2) is 16.9. The minimum atomic E-state index is -1.17. The van der Waals surface area contributed by atoms with Crippen molar-refractivity contribution in [2.75, 3.05) is 25.5 Å². The summed E-state index contributed by atoms with van der Waals surface area (Å²) in [6, 6.07) is 25.5. The van der Waals surface area contributed by atoms with Crippen molar-refractivity contribution >= 4 is 23.9 Å². The Morgan fingerprint density at radius 2 is 1.19 bits per heavy atom. The monoisotopic (exact) mass is 792 g/mol. The number of carboxylic acid groups (broad SMARTS) is 1. The second-order valence-electron chi connectivity index (χ2n) is 15.5. The normalized spacial score (nSPS) is 17.6. The van der Waals surface area contributed by atoms with E-state index in [2.05, 4.69) is 61.7 Å². The van der Waals surface area contributed by atoms with E-state index in [1.54, 1.807) is 41.7 Å². The second-order valence-corrected chi connectivity index (χ2v) is 15.5. The van der Waals surface area contributed by atoms with Crippen LogP contribution in [0.5, 0.6) is 0 Å². The van der Waals surface area contributed by atoms with Gasteiger partial charge in [0.1, 0.15) is 23.7 Å². The van der Waals surface area contributed by atoms with Crippen LogP contribution in [-0.2, 0) is 9.59 Å². The third kappa shape index (κ3) is 8.15. The molecule has 0 spiro atoms. The van der Waals surface area contributed by atoms with Crippen molar-refractivity contribution in [1.82, 2.24) is 44.6 Å². The van der Waals surface area contributed by atoms with E-state index < -0.39 is 18.2 Å². The highest BCUT2D eigenvalue weighted by atomic mass is 16.4. The number of hydrogen-bond donors (Lipinski definition) is 4. The lowest BCUT2D eigenvalue weighted by atomic mass is 10.0. The quantitative estimate of drug-likeness (QED) is 0.0966. The fourth-order valence-corrected chi connectivity index (χ4v) is 8.26. The largest absolute Gasteiger partial charge is 0.465 e. The molecule has 14 nitrogen and oxygen atoms in total. The standard InChI is InChI=1S/C45H48N10O4/c1-28(2)38(52-44-46-22-9-23-47-44)42(56)54-24-7-12-36(54)40-48-26-34(50-40)31-18-14-29(15-19-31)30-16-20-32(21-17-30)35-27-49-41(51-35)37-13-8-25-55(37)43(57)39(53(3)45(58)59)33-10-5-4-6-11-33/h4-6,9-11,14-23,26-28,36-39H,7-8,12-13,24-25H2,1-3H3,(H,48,50)(H,49,51)(H,58,59)(H,46,47,52)/t36-,37-,38-,39+/m0/s1. The topological polar surface area (TPSA) is 176 Å². The molecule has 2 saturated heterocycles. The van der Waals surface area contributed by atoms with Gasteiger partial charge in [-0.2, -0.15) is 0 Å². The Bertz CT molecular complexity index is 2380. The molecule has 4 N–H and O–H groups in total. The Morgan fingerprint density at radius 1 is 0.695 bits per heavy atom. The molecule has 59 heavy (non-hydrogen) atoms. The lowest BCUT2D eigenvalue weighted by Crippen LogP contribution is -2.45. The fourth-order valence-electron chi connectivity index (χ4n) is 8.26. The predicted molar refractivity (Wildman–Crippen MR) is 224 cm³/mol. The molecule has 3 aromatic heterocycles. The molecule has 0 saturated carbocycles. The summed E-state index contributed by atoms with van der Waals surface area (Å²) in [5, 5.41) is 13.0. The Kier molecular flexibility index (Phi) is 11.2. The van der Waals surface area contributed by atoms with Crippen LogP contribution in [0.25, 0.3) is 33.6 Å². The molecule has 2 aliphatic rings. The third-order valence-electron chi connectivity index (χ3n) is 11.4. The van der Waals surface area contributed by atoms with Gasteiger partial charge < -0.3 is 30.2 Å². The number of benzene rings is 3. The smallest absolute Gasteiger partial charge is 0.407 e. The number of rotatable bonds is 12. The molecule has 8 rings (SSSR count). The zero-order valence-electron chi connectivity index (χ0n) is 33.3. The Labute approximate surface area is 342 Å². The van der Waals surface area contributed by atoms with Gasteiger partial charge >= 0.3 is 6.09 Å². The number of amides is 3. The molecule has 5 heterocycles. The molecule has 0 bridgehead atoms. The zero-order valence-corrected chi connectivity index (χ0v) is 33.3. The highest BCUT2D eigenvalue weighted by Crippen LogP contribution is 2.37. The molecule has 4 atom stereocenters. The number of carbonyl (C=O) groups excluding carboxylic acids is 2. The number of likely N-dealkylation sites (N-methyl/N-ethyl adjacent to an activating group) is 1. The van der Waals surface area contributed by atoms with Crippen LogP contribution in [0.4, 0.5) is 10.7 Å². The summed E-state index contributed by atoms with van der Waals surface area (Å²) in [6.07, 6.45) is 9.04. The van der Waals surface area contributed by atoms with E-state index in [0.29, 0.717) is 30.4 Å². The van der Waals surface area contributed by atoms with Crippen molar-refractivity contribution in [2.45, 2.75) is 63.7 Å². The number of aromatic nitrogens is 6.